The predicted molar refractivity (Wildman–Crippen MR) is 72.9 cm³/mol. The fraction of sp³-hybridized carbons (Fsp3) is 0.600. The van der Waals surface area contributed by atoms with Gasteiger partial charge < -0.3 is 14.6 Å². The van der Waals surface area contributed by atoms with E-state index in [2.05, 4.69) is 6.92 Å². The van der Waals surface area contributed by atoms with E-state index in [9.17, 15) is 5.11 Å². The van der Waals surface area contributed by atoms with Crippen molar-refractivity contribution in [2.45, 2.75) is 45.8 Å². The second-order valence-corrected chi connectivity index (χ2v) is 4.62. The number of aliphatic hydroxyl groups is 1. The van der Waals surface area contributed by atoms with Gasteiger partial charge in [0, 0.05) is 25.2 Å². The second-order valence-electron chi connectivity index (χ2n) is 4.62. The van der Waals surface area contributed by atoms with Crippen LogP contribution in [-0.4, -0.2) is 24.4 Å². The Morgan fingerprint density at radius 2 is 1.89 bits per heavy atom. The first kappa shape index (κ1) is 15.0. The van der Waals surface area contributed by atoms with Crippen molar-refractivity contribution in [1.82, 2.24) is 0 Å². The Balaban J connectivity index is 2.57. The number of aliphatic hydroxyl groups excluding tert-OH is 1. The molecule has 1 aromatic carbocycles. The molecule has 1 unspecified atom stereocenters. The van der Waals surface area contributed by atoms with Gasteiger partial charge in [-0.15, -0.1) is 0 Å². The van der Waals surface area contributed by atoms with Crippen LogP contribution < -0.4 is 4.74 Å². The summed E-state index contributed by atoms with van der Waals surface area (Å²) in [6.45, 7) is 7.35. The maximum Gasteiger partial charge on any atom is 0.125 e. The van der Waals surface area contributed by atoms with Gasteiger partial charge in [-0.3, -0.25) is 0 Å². The van der Waals surface area contributed by atoms with Gasteiger partial charge in [-0.25, -0.2) is 0 Å². The maximum atomic E-state index is 10.2. The van der Waals surface area contributed by atoms with E-state index in [1.807, 2.05) is 38.1 Å². The summed E-state index contributed by atoms with van der Waals surface area (Å²) in [6, 6.07) is 7.63. The summed E-state index contributed by atoms with van der Waals surface area (Å²) in [5.74, 6) is 0.760. The van der Waals surface area contributed by atoms with Crippen LogP contribution in [0.1, 0.15) is 45.3 Å². The highest BCUT2D eigenvalue weighted by Gasteiger charge is 2.13. The van der Waals surface area contributed by atoms with Crippen LogP contribution in [0, 0.1) is 0 Å². The molecular weight excluding hydrogens is 228 g/mol. The van der Waals surface area contributed by atoms with Crippen LogP contribution in [-0.2, 0) is 4.74 Å². The minimum Gasteiger partial charge on any atom is -0.491 e. The average molecular weight is 252 g/mol. The SMILES string of the molecule is CCCOCCC(O)c1ccccc1OC(C)C. The van der Waals surface area contributed by atoms with Crippen molar-refractivity contribution in [3.63, 3.8) is 0 Å². The van der Waals surface area contributed by atoms with Gasteiger partial charge in [0.2, 0.25) is 0 Å². The highest BCUT2D eigenvalue weighted by Crippen LogP contribution is 2.27. The van der Waals surface area contributed by atoms with Crippen molar-refractivity contribution >= 4 is 0 Å². The van der Waals surface area contributed by atoms with Crippen LogP contribution in [0.4, 0.5) is 0 Å². The van der Waals surface area contributed by atoms with E-state index in [4.69, 9.17) is 9.47 Å². The van der Waals surface area contributed by atoms with Crippen molar-refractivity contribution in [3.05, 3.63) is 29.8 Å². The van der Waals surface area contributed by atoms with E-state index in [0.717, 1.165) is 24.3 Å². The van der Waals surface area contributed by atoms with Crippen LogP contribution in [0.15, 0.2) is 24.3 Å². The zero-order valence-corrected chi connectivity index (χ0v) is 11.6. The molecule has 3 heteroatoms. The van der Waals surface area contributed by atoms with Gasteiger partial charge in [0.05, 0.1) is 12.2 Å². The lowest BCUT2D eigenvalue weighted by Gasteiger charge is -2.18. The summed E-state index contributed by atoms with van der Waals surface area (Å²) in [5.41, 5.74) is 0.839. The molecular formula is C15H24O3. The minimum atomic E-state index is -0.531. The van der Waals surface area contributed by atoms with Crippen LogP contribution >= 0.6 is 0 Å². The summed E-state index contributed by atoms with van der Waals surface area (Å²) in [4.78, 5) is 0. The van der Waals surface area contributed by atoms with E-state index >= 15 is 0 Å². The Hall–Kier alpha value is -1.06. The van der Waals surface area contributed by atoms with Crippen molar-refractivity contribution < 1.29 is 14.6 Å². The van der Waals surface area contributed by atoms with Gasteiger partial charge in [-0.05, 0) is 26.3 Å². The standard InChI is InChI=1S/C15H24O3/c1-4-10-17-11-9-14(16)13-7-5-6-8-15(13)18-12(2)3/h5-8,12,14,16H,4,9-11H2,1-3H3. The van der Waals surface area contributed by atoms with Crippen molar-refractivity contribution in [2.24, 2.45) is 0 Å². The van der Waals surface area contributed by atoms with Gasteiger partial charge in [0.25, 0.3) is 0 Å². The first-order valence-electron chi connectivity index (χ1n) is 6.66. The molecule has 0 aliphatic carbocycles. The third-order valence-electron chi connectivity index (χ3n) is 2.52. The number of hydrogen-bond donors (Lipinski definition) is 1. The molecule has 3 nitrogen and oxygen atoms in total. The molecule has 0 heterocycles. The Kier molecular flexibility index (Phi) is 6.76. The highest BCUT2D eigenvalue weighted by molar-refractivity contribution is 5.35. The lowest BCUT2D eigenvalue weighted by atomic mass is 10.1. The van der Waals surface area contributed by atoms with E-state index < -0.39 is 6.10 Å². The molecule has 0 aromatic heterocycles. The fourth-order valence-corrected chi connectivity index (χ4v) is 1.71. The third-order valence-corrected chi connectivity index (χ3v) is 2.52. The largest absolute Gasteiger partial charge is 0.491 e. The molecule has 0 fully saturated rings. The van der Waals surface area contributed by atoms with Crippen LogP contribution in [0.3, 0.4) is 0 Å². The van der Waals surface area contributed by atoms with E-state index in [1.54, 1.807) is 0 Å². The number of para-hydroxylation sites is 1. The summed E-state index contributed by atoms with van der Waals surface area (Å²) in [7, 11) is 0. The number of rotatable bonds is 8. The number of benzene rings is 1. The van der Waals surface area contributed by atoms with E-state index in [1.165, 1.54) is 0 Å². The second kappa shape index (κ2) is 8.11. The molecule has 18 heavy (non-hydrogen) atoms. The average Bonchev–Trinajstić information content (AvgIpc) is 2.34. The molecule has 0 aliphatic rings. The molecule has 0 saturated carbocycles. The molecule has 0 aliphatic heterocycles. The van der Waals surface area contributed by atoms with Crippen molar-refractivity contribution in [3.8, 4) is 5.75 Å². The van der Waals surface area contributed by atoms with E-state index in [-0.39, 0.29) is 6.10 Å². The van der Waals surface area contributed by atoms with Gasteiger partial charge in [0.15, 0.2) is 0 Å². The smallest absolute Gasteiger partial charge is 0.125 e. The molecule has 0 saturated heterocycles. The normalized spacial score (nSPS) is 12.7. The molecule has 0 amide bonds. The summed E-state index contributed by atoms with van der Waals surface area (Å²) in [6.07, 6.45) is 1.17. The maximum absolute atomic E-state index is 10.2. The monoisotopic (exact) mass is 252 g/mol. The van der Waals surface area contributed by atoms with Crippen LogP contribution in [0.5, 0.6) is 5.75 Å². The Bertz CT molecular complexity index is 336. The number of hydrogen-bond acceptors (Lipinski definition) is 3. The summed E-state index contributed by atoms with van der Waals surface area (Å²) in [5, 5.41) is 10.2. The van der Waals surface area contributed by atoms with Crippen LogP contribution in [0.2, 0.25) is 0 Å². The van der Waals surface area contributed by atoms with Gasteiger partial charge in [-0.2, -0.15) is 0 Å². The van der Waals surface area contributed by atoms with E-state index in [0.29, 0.717) is 13.0 Å². The molecule has 102 valence electrons. The Morgan fingerprint density at radius 1 is 1.17 bits per heavy atom. The van der Waals surface area contributed by atoms with Crippen molar-refractivity contribution in [1.29, 1.82) is 0 Å². The van der Waals surface area contributed by atoms with Crippen LogP contribution in [0.25, 0.3) is 0 Å². The van der Waals surface area contributed by atoms with Gasteiger partial charge in [0.1, 0.15) is 5.75 Å². The topological polar surface area (TPSA) is 38.7 Å². The summed E-state index contributed by atoms with van der Waals surface area (Å²) < 4.78 is 11.1. The highest BCUT2D eigenvalue weighted by atomic mass is 16.5. The fourth-order valence-electron chi connectivity index (χ4n) is 1.71. The zero-order valence-electron chi connectivity index (χ0n) is 11.6. The molecule has 0 radical (unpaired) electrons. The minimum absolute atomic E-state index is 0.106. The Morgan fingerprint density at radius 3 is 2.56 bits per heavy atom. The predicted octanol–water partition coefficient (Wildman–Crippen LogP) is 3.32. The van der Waals surface area contributed by atoms with Gasteiger partial charge in [-0.1, -0.05) is 25.1 Å². The lowest BCUT2D eigenvalue weighted by Crippen LogP contribution is -2.10. The molecule has 1 rings (SSSR count). The molecule has 0 spiro atoms. The summed E-state index contributed by atoms with van der Waals surface area (Å²) >= 11 is 0. The lowest BCUT2D eigenvalue weighted by molar-refractivity contribution is 0.0800. The van der Waals surface area contributed by atoms with Gasteiger partial charge >= 0.3 is 0 Å². The Labute approximate surface area is 110 Å². The molecule has 1 atom stereocenters. The molecule has 1 N–H and O–H groups in total. The third kappa shape index (κ3) is 5.07. The first-order chi connectivity index (χ1) is 8.65. The quantitative estimate of drug-likeness (QED) is 0.721. The zero-order chi connectivity index (χ0) is 13.4. The molecule has 0 bridgehead atoms. The number of ether oxygens (including phenoxy) is 2. The first-order valence-corrected chi connectivity index (χ1v) is 6.66. The van der Waals surface area contributed by atoms with Crippen molar-refractivity contribution in [2.75, 3.05) is 13.2 Å². The molecule has 1 aromatic rings.